The van der Waals surface area contributed by atoms with Crippen molar-refractivity contribution >= 4 is 29.0 Å². The monoisotopic (exact) mass is 288 g/mol. The zero-order valence-corrected chi connectivity index (χ0v) is 11.5. The van der Waals surface area contributed by atoms with Crippen LogP contribution in [0.1, 0.15) is 12.0 Å². The molecule has 2 aromatic carbocycles. The molecular formula is C15H13FN2OS. The van der Waals surface area contributed by atoms with Crippen molar-refractivity contribution in [3.8, 4) is 0 Å². The van der Waals surface area contributed by atoms with Crippen molar-refractivity contribution in [2.45, 2.75) is 22.6 Å². The Morgan fingerprint density at radius 1 is 1.15 bits per heavy atom. The average Bonchev–Trinajstić information content (AvgIpc) is 2.42. The van der Waals surface area contributed by atoms with Gasteiger partial charge in [0.1, 0.15) is 5.82 Å². The highest BCUT2D eigenvalue weighted by Crippen LogP contribution is 2.37. The minimum Gasteiger partial charge on any atom is -0.398 e. The van der Waals surface area contributed by atoms with Gasteiger partial charge >= 0.3 is 0 Å². The molecule has 0 fully saturated rings. The number of amides is 1. The Balaban J connectivity index is 1.90. The van der Waals surface area contributed by atoms with E-state index in [0.29, 0.717) is 12.1 Å². The van der Waals surface area contributed by atoms with Crippen LogP contribution in [0.5, 0.6) is 0 Å². The van der Waals surface area contributed by atoms with Crippen molar-refractivity contribution < 1.29 is 9.18 Å². The number of nitrogens with one attached hydrogen (secondary N) is 1. The molecule has 3 nitrogen and oxygen atoms in total. The molecule has 0 spiro atoms. The smallest absolute Gasteiger partial charge is 0.224 e. The van der Waals surface area contributed by atoms with Crippen LogP contribution in [0, 0.1) is 5.82 Å². The first-order valence-corrected chi connectivity index (χ1v) is 7.09. The highest BCUT2D eigenvalue weighted by atomic mass is 32.2. The zero-order chi connectivity index (χ0) is 14.1. The molecule has 1 aliphatic heterocycles. The van der Waals surface area contributed by atoms with E-state index in [2.05, 4.69) is 5.32 Å². The summed E-state index contributed by atoms with van der Waals surface area (Å²) in [6, 6.07) is 10.1. The number of fused-ring (bicyclic) bond motifs is 1. The Morgan fingerprint density at radius 2 is 1.90 bits per heavy atom. The number of carbonyl (C=O) groups excluding carboxylic acids is 1. The summed E-state index contributed by atoms with van der Waals surface area (Å²) < 4.78 is 12.9. The maximum atomic E-state index is 12.9. The number of halogens is 1. The van der Waals surface area contributed by atoms with Gasteiger partial charge < -0.3 is 11.1 Å². The van der Waals surface area contributed by atoms with E-state index >= 15 is 0 Å². The predicted molar refractivity (Wildman–Crippen MR) is 78.3 cm³/mol. The van der Waals surface area contributed by atoms with E-state index in [-0.39, 0.29) is 11.7 Å². The summed E-state index contributed by atoms with van der Waals surface area (Å²) in [5, 5.41) is 2.82. The van der Waals surface area contributed by atoms with Gasteiger partial charge in [-0.25, -0.2) is 4.39 Å². The van der Waals surface area contributed by atoms with E-state index in [1.807, 2.05) is 6.07 Å². The lowest BCUT2D eigenvalue weighted by Crippen LogP contribution is -2.19. The van der Waals surface area contributed by atoms with Gasteiger partial charge in [-0.2, -0.15) is 0 Å². The Hall–Kier alpha value is -2.01. The third kappa shape index (κ3) is 2.63. The van der Waals surface area contributed by atoms with Gasteiger partial charge in [-0.05, 0) is 48.4 Å². The Bertz CT molecular complexity index is 670. The molecule has 3 rings (SSSR count). The van der Waals surface area contributed by atoms with Crippen LogP contribution in [0.3, 0.4) is 0 Å². The van der Waals surface area contributed by atoms with Crippen molar-refractivity contribution in [2.24, 2.45) is 0 Å². The lowest BCUT2D eigenvalue weighted by Gasteiger charge is -2.19. The molecule has 0 saturated heterocycles. The largest absolute Gasteiger partial charge is 0.398 e. The molecule has 2 aromatic rings. The van der Waals surface area contributed by atoms with E-state index < -0.39 is 0 Å². The summed E-state index contributed by atoms with van der Waals surface area (Å²) in [5.74, 6) is -0.230. The summed E-state index contributed by atoms with van der Waals surface area (Å²) in [4.78, 5) is 13.2. The fourth-order valence-corrected chi connectivity index (χ4v) is 3.04. The molecule has 1 heterocycles. The van der Waals surface area contributed by atoms with Gasteiger partial charge in [0.25, 0.3) is 0 Å². The molecule has 1 amide bonds. The SMILES string of the molecule is Nc1cc2c(cc1Sc1ccc(F)cc1)CCC(=O)N2. The van der Waals surface area contributed by atoms with Gasteiger partial charge in [-0.3, -0.25) is 4.79 Å². The Labute approximate surface area is 120 Å². The summed E-state index contributed by atoms with van der Waals surface area (Å²) in [7, 11) is 0. The van der Waals surface area contributed by atoms with E-state index in [0.717, 1.165) is 27.5 Å². The third-order valence-electron chi connectivity index (χ3n) is 3.17. The summed E-state index contributed by atoms with van der Waals surface area (Å²) in [5.41, 5.74) is 8.51. The van der Waals surface area contributed by atoms with Gasteiger partial charge in [0.2, 0.25) is 5.91 Å². The Morgan fingerprint density at radius 3 is 2.65 bits per heavy atom. The van der Waals surface area contributed by atoms with Gasteiger partial charge in [0, 0.05) is 27.6 Å². The molecule has 3 N–H and O–H groups in total. The number of anilines is 2. The second-order valence-corrected chi connectivity index (χ2v) is 5.77. The highest BCUT2D eigenvalue weighted by molar-refractivity contribution is 7.99. The number of nitrogens with two attached hydrogens (primary N) is 1. The van der Waals surface area contributed by atoms with Crippen molar-refractivity contribution in [3.05, 3.63) is 47.8 Å². The molecular weight excluding hydrogens is 275 g/mol. The van der Waals surface area contributed by atoms with Crippen LogP contribution < -0.4 is 11.1 Å². The molecule has 102 valence electrons. The number of aryl methyl sites for hydroxylation is 1. The molecule has 5 heteroatoms. The van der Waals surface area contributed by atoms with E-state index in [1.54, 1.807) is 18.2 Å². The van der Waals surface area contributed by atoms with Crippen molar-refractivity contribution in [3.63, 3.8) is 0 Å². The van der Waals surface area contributed by atoms with Gasteiger partial charge in [0.15, 0.2) is 0 Å². The third-order valence-corrected chi connectivity index (χ3v) is 4.25. The fraction of sp³-hybridized carbons (Fsp3) is 0.133. The lowest BCUT2D eigenvalue weighted by atomic mass is 10.0. The normalized spacial score (nSPS) is 13.8. The molecule has 0 aromatic heterocycles. The number of hydrogen-bond donors (Lipinski definition) is 2. The fourth-order valence-electron chi connectivity index (χ4n) is 2.14. The van der Waals surface area contributed by atoms with Crippen molar-refractivity contribution in [2.75, 3.05) is 11.1 Å². The second-order valence-electron chi connectivity index (χ2n) is 4.65. The van der Waals surface area contributed by atoms with E-state index in [9.17, 15) is 9.18 Å². The molecule has 0 bridgehead atoms. The molecule has 0 aliphatic carbocycles. The number of rotatable bonds is 2. The predicted octanol–water partition coefficient (Wildman–Crippen LogP) is 3.44. The quantitative estimate of drug-likeness (QED) is 0.832. The van der Waals surface area contributed by atoms with Crippen LogP contribution in [-0.4, -0.2) is 5.91 Å². The molecule has 1 aliphatic rings. The zero-order valence-electron chi connectivity index (χ0n) is 10.7. The van der Waals surface area contributed by atoms with Crippen LogP contribution >= 0.6 is 11.8 Å². The molecule has 0 radical (unpaired) electrons. The average molecular weight is 288 g/mol. The standard InChI is InChI=1S/C15H13FN2OS/c16-10-2-4-11(5-3-10)20-14-7-9-1-6-15(19)18-13(9)8-12(14)17/h2-5,7-8H,1,6,17H2,(H,18,19). The summed E-state index contributed by atoms with van der Waals surface area (Å²) in [6.45, 7) is 0. The lowest BCUT2D eigenvalue weighted by molar-refractivity contribution is -0.116. The van der Waals surface area contributed by atoms with E-state index in [4.69, 9.17) is 5.73 Å². The summed E-state index contributed by atoms with van der Waals surface area (Å²) >= 11 is 1.49. The highest BCUT2D eigenvalue weighted by Gasteiger charge is 2.17. The molecule has 0 saturated carbocycles. The van der Waals surface area contributed by atoms with E-state index in [1.165, 1.54) is 23.9 Å². The second kappa shape index (κ2) is 5.17. The minimum absolute atomic E-state index is 0.0239. The van der Waals surface area contributed by atoms with Crippen molar-refractivity contribution in [1.29, 1.82) is 0 Å². The van der Waals surface area contributed by atoms with Crippen LogP contribution in [0.25, 0.3) is 0 Å². The first-order valence-electron chi connectivity index (χ1n) is 6.27. The maximum absolute atomic E-state index is 12.9. The Kier molecular flexibility index (Phi) is 3.36. The number of carbonyl (C=O) groups is 1. The summed E-state index contributed by atoms with van der Waals surface area (Å²) in [6.07, 6.45) is 1.22. The maximum Gasteiger partial charge on any atom is 0.224 e. The first kappa shape index (κ1) is 13.0. The van der Waals surface area contributed by atoms with Crippen LogP contribution in [0.2, 0.25) is 0 Å². The van der Waals surface area contributed by atoms with Crippen LogP contribution in [0.15, 0.2) is 46.2 Å². The van der Waals surface area contributed by atoms with Crippen LogP contribution in [0.4, 0.5) is 15.8 Å². The minimum atomic E-state index is -0.254. The topological polar surface area (TPSA) is 55.1 Å². The molecule has 0 unspecified atom stereocenters. The first-order chi connectivity index (χ1) is 9.61. The molecule has 0 atom stereocenters. The van der Waals surface area contributed by atoms with Crippen LogP contribution in [-0.2, 0) is 11.2 Å². The number of hydrogen-bond acceptors (Lipinski definition) is 3. The van der Waals surface area contributed by atoms with Gasteiger partial charge in [-0.1, -0.05) is 11.8 Å². The van der Waals surface area contributed by atoms with Gasteiger partial charge in [0.05, 0.1) is 0 Å². The molecule has 20 heavy (non-hydrogen) atoms. The number of nitrogen functional groups attached to an aromatic ring is 1. The van der Waals surface area contributed by atoms with Gasteiger partial charge in [-0.15, -0.1) is 0 Å². The van der Waals surface area contributed by atoms with Crippen molar-refractivity contribution in [1.82, 2.24) is 0 Å². The number of benzene rings is 2.